The van der Waals surface area contributed by atoms with Gasteiger partial charge in [-0.2, -0.15) is 13.2 Å². The molecule has 2 heterocycles. The van der Waals surface area contributed by atoms with Gasteiger partial charge in [-0.3, -0.25) is 4.99 Å². The third-order valence-electron chi connectivity index (χ3n) is 3.74. The normalized spacial score (nSPS) is 15.6. The highest BCUT2D eigenvalue weighted by Crippen LogP contribution is 2.17. The zero-order valence-corrected chi connectivity index (χ0v) is 16.8. The first-order valence-electron chi connectivity index (χ1n) is 9.05. The van der Waals surface area contributed by atoms with E-state index in [-0.39, 0.29) is 18.0 Å². The molecule has 0 bridgehead atoms. The molecule has 1 aliphatic rings. The van der Waals surface area contributed by atoms with Crippen molar-refractivity contribution in [3.8, 4) is 5.88 Å². The molecule has 0 saturated carbocycles. The topological polar surface area (TPSA) is 88.1 Å². The van der Waals surface area contributed by atoms with Gasteiger partial charge >= 0.3 is 12.3 Å². The lowest BCUT2D eigenvalue weighted by molar-refractivity contribution is -0.154. The molecule has 2 N–H and O–H groups in total. The Morgan fingerprint density at radius 3 is 2.52 bits per heavy atom. The Hall–Kier alpha value is -2.72. The maximum Gasteiger partial charge on any atom is 0.422 e. The van der Waals surface area contributed by atoms with E-state index in [4.69, 9.17) is 4.74 Å². The smallest absolute Gasteiger partial charge is 0.422 e. The van der Waals surface area contributed by atoms with Gasteiger partial charge in [-0.15, -0.1) is 0 Å². The van der Waals surface area contributed by atoms with E-state index in [0.717, 1.165) is 5.56 Å². The highest BCUT2D eigenvalue weighted by Gasteiger charge is 2.34. The lowest BCUT2D eigenvalue weighted by Gasteiger charge is -2.40. The maximum absolute atomic E-state index is 12.1. The van der Waals surface area contributed by atoms with E-state index in [2.05, 4.69) is 25.3 Å². The van der Waals surface area contributed by atoms with Crippen LogP contribution in [0, 0.1) is 0 Å². The van der Waals surface area contributed by atoms with Gasteiger partial charge in [-0.1, -0.05) is 6.07 Å². The Kier molecular flexibility index (Phi) is 7.15. The second-order valence-electron chi connectivity index (χ2n) is 7.56. The third kappa shape index (κ3) is 8.04. The van der Waals surface area contributed by atoms with Gasteiger partial charge in [0.2, 0.25) is 5.88 Å². The van der Waals surface area contributed by atoms with Gasteiger partial charge in [0.05, 0.1) is 6.04 Å². The van der Waals surface area contributed by atoms with Crippen molar-refractivity contribution in [2.45, 2.75) is 45.1 Å². The first-order valence-corrected chi connectivity index (χ1v) is 9.05. The molecule has 1 fully saturated rings. The number of ether oxygens (including phenoxy) is 2. The Labute approximate surface area is 167 Å². The minimum atomic E-state index is -4.40. The van der Waals surface area contributed by atoms with Crippen LogP contribution in [0.4, 0.5) is 18.0 Å². The molecule has 29 heavy (non-hydrogen) atoms. The summed E-state index contributed by atoms with van der Waals surface area (Å²) in [7, 11) is 1.62. The highest BCUT2D eigenvalue weighted by atomic mass is 19.4. The van der Waals surface area contributed by atoms with Crippen molar-refractivity contribution in [1.82, 2.24) is 20.5 Å². The van der Waals surface area contributed by atoms with Crippen LogP contribution in [0.25, 0.3) is 0 Å². The highest BCUT2D eigenvalue weighted by molar-refractivity contribution is 5.80. The number of carbonyl (C=O) groups is 1. The first-order chi connectivity index (χ1) is 13.4. The van der Waals surface area contributed by atoms with Crippen molar-refractivity contribution < 1.29 is 27.4 Å². The molecule has 1 saturated heterocycles. The first kappa shape index (κ1) is 22.6. The predicted molar refractivity (Wildman–Crippen MR) is 101 cm³/mol. The van der Waals surface area contributed by atoms with Gasteiger partial charge in [0.25, 0.3) is 0 Å². The number of pyridine rings is 1. The number of nitrogens with zero attached hydrogens (tertiary/aromatic N) is 3. The molecule has 0 aliphatic carbocycles. The third-order valence-corrected chi connectivity index (χ3v) is 3.74. The fourth-order valence-electron chi connectivity index (χ4n) is 2.38. The number of guanidine groups is 1. The van der Waals surface area contributed by atoms with Crippen molar-refractivity contribution in [3.63, 3.8) is 0 Å². The van der Waals surface area contributed by atoms with E-state index < -0.39 is 18.4 Å². The number of likely N-dealkylation sites (tertiary alicyclic amines) is 1. The van der Waals surface area contributed by atoms with E-state index in [1.54, 1.807) is 18.0 Å². The van der Waals surface area contributed by atoms with Gasteiger partial charge in [0, 0.05) is 38.9 Å². The minimum absolute atomic E-state index is 0.0463. The molecule has 1 aliphatic heterocycles. The molecule has 1 aromatic rings. The molecule has 0 atom stereocenters. The summed E-state index contributed by atoms with van der Waals surface area (Å²) >= 11 is 0. The quantitative estimate of drug-likeness (QED) is 0.565. The van der Waals surface area contributed by atoms with Gasteiger partial charge < -0.3 is 25.0 Å². The number of hydrogen-bond acceptors (Lipinski definition) is 5. The summed E-state index contributed by atoms with van der Waals surface area (Å²) in [5.41, 5.74) is 0.213. The molecule has 0 unspecified atom stereocenters. The number of amides is 1. The second-order valence-corrected chi connectivity index (χ2v) is 7.56. The number of rotatable bonds is 5. The van der Waals surface area contributed by atoms with Crippen LogP contribution in [0.3, 0.4) is 0 Å². The van der Waals surface area contributed by atoms with E-state index >= 15 is 0 Å². The number of halogens is 3. The number of aromatic nitrogens is 1. The van der Waals surface area contributed by atoms with Crippen LogP contribution in [0.5, 0.6) is 5.88 Å². The van der Waals surface area contributed by atoms with Gasteiger partial charge in [0.15, 0.2) is 12.6 Å². The van der Waals surface area contributed by atoms with Gasteiger partial charge in [-0.25, -0.2) is 9.78 Å². The monoisotopic (exact) mass is 417 g/mol. The molecular formula is C18H26F3N5O3. The summed E-state index contributed by atoms with van der Waals surface area (Å²) in [6, 6.07) is 3.04. The van der Waals surface area contributed by atoms with Crippen molar-refractivity contribution in [3.05, 3.63) is 23.9 Å². The fourth-order valence-corrected chi connectivity index (χ4v) is 2.38. The minimum Gasteiger partial charge on any atom is -0.468 e. The summed E-state index contributed by atoms with van der Waals surface area (Å²) in [5, 5.41) is 6.27. The zero-order chi connectivity index (χ0) is 21.7. The molecule has 0 radical (unpaired) electrons. The average Bonchev–Trinajstić information content (AvgIpc) is 2.57. The van der Waals surface area contributed by atoms with E-state index in [0.29, 0.717) is 25.6 Å². The van der Waals surface area contributed by atoms with Gasteiger partial charge in [-0.05, 0) is 26.3 Å². The van der Waals surface area contributed by atoms with E-state index in [9.17, 15) is 18.0 Å². The molecule has 2 rings (SSSR count). The Morgan fingerprint density at radius 2 is 2.00 bits per heavy atom. The summed E-state index contributed by atoms with van der Waals surface area (Å²) in [4.78, 5) is 21.5. The molecule has 1 aromatic heterocycles. The number of alkyl halides is 3. The molecule has 0 aromatic carbocycles. The number of carbonyl (C=O) groups excluding carboxylic acids is 1. The Balaban J connectivity index is 1.73. The molecule has 1 amide bonds. The van der Waals surface area contributed by atoms with Gasteiger partial charge in [0.1, 0.15) is 5.60 Å². The summed E-state index contributed by atoms with van der Waals surface area (Å²) in [6.45, 7) is 5.44. The Morgan fingerprint density at radius 1 is 1.31 bits per heavy atom. The summed E-state index contributed by atoms with van der Waals surface area (Å²) < 4.78 is 46.3. The van der Waals surface area contributed by atoms with E-state index in [1.807, 2.05) is 20.8 Å². The number of aliphatic imine (C=N–C) groups is 1. The zero-order valence-electron chi connectivity index (χ0n) is 16.8. The second kappa shape index (κ2) is 9.19. The van der Waals surface area contributed by atoms with Crippen LogP contribution >= 0.6 is 0 Å². The molecule has 0 spiro atoms. The Bertz CT molecular complexity index is 711. The molecule has 8 nitrogen and oxygen atoms in total. The van der Waals surface area contributed by atoms with Crippen molar-refractivity contribution in [2.24, 2.45) is 4.99 Å². The van der Waals surface area contributed by atoms with E-state index in [1.165, 1.54) is 12.3 Å². The fraction of sp³-hybridized carbons (Fsp3) is 0.611. The number of nitrogens with one attached hydrogen (secondary N) is 2. The van der Waals surface area contributed by atoms with Crippen LogP contribution in [0.2, 0.25) is 0 Å². The predicted octanol–water partition coefficient (Wildman–Crippen LogP) is 2.31. The van der Waals surface area contributed by atoms with Crippen molar-refractivity contribution >= 4 is 12.1 Å². The number of hydrogen-bond donors (Lipinski definition) is 2. The van der Waals surface area contributed by atoms with Crippen LogP contribution in [-0.2, 0) is 11.3 Å². The van der Waals surface area contributed by atoms with Crippen molar-refractivity contribution in [2.75, 3.05) is 26.7 Å². The van der Waals surface area contributed by atoms with Crippen molar-refractivity contribution in [1.29, 1.82) is 0 Å². The largest absolute Gasteiger partial charge is 0.468 e. The average molecular weight is 417 g/mol. The maximum atomic E-state index is 12.1. The molecule has 162 valence electrons. The standard InChI is InChI=1S/C18H26F3N5O3/c1-17(2,3)29-16(27)26-9-13(10-26)25-15(22-4)24-8-12-5-6-14(23-7-12)28-11-18(19,20)21/h5-7,13H,8-11H2,1-4H3,(H2,22,24,25). The summed E-state index contributed by atoms with van der Waals surface area (Å²) in [6.07, 6.45) is -3.32. The molecule has 11 heteroatoms. The SMILES string of the molecule is CN=C(NCc1ccc(OCC(F)(F)F)nc1)NC1CN(C(=O)OC(C)(C)C)C1. The van der Waals surface area contributed by atoms with Crippen LogP contribution in [0.15, 0.2) is 23.3 Å². The lowest BCUT2D eigenvalue weighted by Crippen LogP contribution is -2.63. The lowest BCUT2D eigenvalue weighted by atomic mass is 10.1. The molecular weight excluding hydrogens is 391 g/mol. The van der Waals surface area contributed by atoms with Crippen LogP contribution < -0.4 is 15.4 Å². The summed E-state index contributed by atoms with van der Waals surface area (Å²) in [5.74, 6) is 0.446. The van der Waals surface area contributed by atoms with Crippen LogP contribution in [-0.4, -0.2) is 66.5 Å². The van der Waals surface area contributed by atoms with Crippen LogP contribution in [0.1, 0.15) is 26.3 Å².